The molecule has 4 nitrogen and oxygen atoms in total. The minimum atomic E-state index is -4.91. The highest BCUT2D eigenvalue weighted by Crippen LogP contribution is 2.34. The fourth-order valence-electron chi connectivity index (χ4n) is 1.20. The summed E-state index contributed by atoms with van der Waals surface area (Å²) in [5.74, 6) is -2.75. The molecule has 0 heterocycles. The summed E-state index contributed by atoms with van der Waals surface area (Å²) in [5.41, 5.74) is 0.472. The van der Waals surface area contributed by atoms with E-state index < -0.39 is 12.1 Å². The average molecular weight is 328 g/mol. The molecular formula is C10H9BrF3NO3. The highest BCUT2D eigenvalue weighted by atomic mass is 79.9. The van der Waals surface area contributed by atoms with Gasteiger partial charge in [0.25, 0.3) is 0 Å². The summed E-state index contributed by atoms with van der Waals surface area (Å²) in [6, 6.07) is 2.65. The van der Waals surface area contributed by atoms with Gasteiger partial charge in [-0.05, 0) is 40.0 Å². The topological polar surface area (TPSA) is 69.6 Å². The second-order valence-corrected chi connectivity index (χ2v) is 4.30. The Balaban J connectivity index is 2.58. The minimum Gasteiger partial charge on any atom is -0.504 e. The van der Waals surface area contributed by atoms with Gasteiger partial charge in [-0.2, -0.15) is 13.2 Å². The molecule has 0 bridgehead atoms. The first-order valence-corrected chi connectivity index (χ1v) is 5.56. The van der Waals surface area contributed by atoms with Crippen molar-refractivity contribution in [3.8, 4) is 11.5 Å². The van der Waals surface area contributed by atoms with Gasteiger partial charge in [0, 0.05) is 6.54 Å². The molecule has 0 atom stereocenters. The highest BCUT2D eigenvalue weighted by molar-refractivity contribution is 9.10. The van der Waals surface area contributed by atoms with Crippen molar-refractivity contribution in [2.24, 2.45) is 0 Å². The molecule has 1 amide bonds. The maximum absolute atomic E-state index is 11.9. The summed E-state index contributed by atoms with van der Waals surface area (Å²) in [4.78, 5) is 10.5. The standard InChI is InChI=1S/C10H9BrF3NO3/c11-6-3-5(4-7(16)8(6)17)1-2-15-9(18)10(12,13)14/h3-4,16-17H,1-2H2,(H,15,18). The first-order valence-electron chi connectivity index (χ1n) is 4.77. The van der Waals surface area contributed by atoms with Gasteiger partial charge in [0.15, 0.2) is 11.5 Å². The zero-order valence-corrected chi connectivity index (χ0v) is 10.5. The molecule has 0 aliphatic carbocycles. The van der Waals surface area contributed by atoms with Gasteiger partial charge >= 0.3 is 12.1 Å². The third-order valence-corrected chi connectivity index (χ3v) is 2.66. The molecule has 0 aliphatic rings. The second-order valence-electron chi connectivity index (χ2n) is 3.45. The lowest BCUT2D eigenvalue weighted by Crippen LogP contribution is -2.37. The van der Waals surface area contributed by atoms with Gasteiger partial charge in [0.2, 0.25) is 0 Å². The van der Waals surface area contributed by atoms with E-state index >= 15 is 0 Å². The van der Waals surface area contributed by atoms with Crippen LogP contribution in [0.3, 0.4) is 0 Å². The number of phenols is 2. The van der Waals surface area contributed by atoms with E-state index in [1.807, 2.05) is 0 Å². The number of hydrogen-bond donors (Lipinski definition) is 3. The molecule has 1 rings (SSSR count). The summed E-state index contributed by atoms with van der Waals surface area (Å²) in [7, 11) is 0. The van der Waals surface area contributed by atoms with Crippen molar-refractivity contribution in [3.63, 3.8) is 0 Å². The van der Waals surface area contributed by atoms with E-state index in [2.05, 4.69) is 15.9 Å². The molecule has 0 unspecified atom stereocenters. The van der Waals surface area contributed by atoms with Crippen LogP contribution in [-0.4, -0.2) is 28.8 Å². The third kappa shape index (κ3) is 3.80. The van der Waals surface area contributed by atoms with Gasteiger partial charge in [-0.3, -0.25) is 4.79 Å². The number of halogens is 4. The molecule has 1 aromatic carbocycles. The number of amides is 1. The first kappa shape index (κ1) is 14.6. The van der Waals surface area contributed by atoms with E-state index in [1.54, 1.807) is 5.32 Å². The highest BCUT2D eigenvalue weighted by Gasteiger charge is 2.38. The molecule has 8 heteroatoms. The molecule has 0 fully saturated rings. The van der Waals surface area contributed by atoms with Gasteiger partial charge in [-0.25, -0.2) is 0 Å². The lowest BCUT2D eigenvalue weighted by Gasteiger charge is -2.09. The quantitative estimate of drug-likeness (QED) is 0.744. The van der Waals surface area contributed by atoms with Crippen LogP contribution in [0.4, 0.5) is 13.2 Å². The molecular weight excluding hydrogens is 319 g/mol. The lowest BCUT2D eigenvalue weighted by atomic mass is 10.1. The Morgan fingerprint density at radius 2 is 1.94 bits per heavy atom. The predicted molar refractivity (Wildman–Crippen MR) is 60.2 cm³/mol. The number of nitrogens with one attached hydrogen (secondary N) is 1. The van der Waals surface area contributed by atoms with Crippen molar-refractivity contribution in [1.82, 2.24) is 5.32 Å². The van der Waals surface area contributed by atoms with Crippen molar-refractivity contribution in [3.05, 3.63) is 22.2 Å². The Labute approximate surface area is 109 Å². The minimum absolute atomic E-state index is 0.0915. The van der Waals surface area contributed by atoms with Crippen LogP contribution >= 0.6 is 15.9 Å². The molecule has 3 N–H and O–H groups in total. The summed E-state index contributed by atoms with van der Waals surface area (Å²) >= 11 is 2.97. The van der Waals surface area contributed by atoms with Crippen LogP contribution in [0.15, 0.2) is 16.6 Å². The summed E-state index contributed by atoms with van der Waals surface area (Å²) < 4.78 is 35.8. The van der Waals surface area contributed by atoms with E-state index in [0.29, 0.717) is 5.56 Å². The van der Waals surface area contributed by atoms with E-state index in [0.717, 1.165) is 0 Å². The molecule has 0 saturated carbocycles. The Morgan fingerprint density at radius 1 is 1.33 bits per heavy atom. The number of benzene rings is 1. The SMILES string of the molecule is O=C(NCCc1cc(O)c(O)c(Br)c1)C(F)(F)F. The Morgan fingerprint density at radius 3 is 2.44 bits per heavy atom. The molecule has 100 valence electrons. The first-order chi connectivity index (χ1) is 8.21. The van der Waals surface area contributed by atoms with Gasteiger partial charge in [-0.1, -0.05) is 0 Å². The van der Waals surface area contributed by atoms with E-state index in [9.17, 15) is 28.2 Å². The molecule has 0 aliphatic heterocycles. The maximum Gasteiger partial charge on any atom is 0.471 e. The molecule has 0 radical (unpaired) electrons. The zero-order chi connectivity index (χ0) is 13.9. The summed E-state index contributed by atoms with van der Waals surface area (Å²) in [6.07, 6.45) is -4.81. The van der Waals surface area contributed by atoms with Crippen molar-refractivity contribution < 1.29 is 28.2 Å². The van der Waals surface area contributed by atoms with Crippen LogP contribution < -0.4 is 5.32 Å². The fourth-order valence-corrected chi connectivity index (χ4v) is 1.70. The van der Waals surface area contributed by atoms with Crippen molar-refractivity contribution in [1.29, 1.82) is 0 Å². The summed E-state index contributed by atoms with van der Waals surface area (Å²) in [5, 5.41) is 20.2. The monoisotopic (exact) mass is 327 g/mol. The number of carbonyl (C=O) groups is 1. The van der Waals surface area contributed by atoms with Gasteiger partial charge in [0.1, 0.15) is 0 Å². The Bertz CT molecular complexity index is 439. The Kier molecular flexibility index (Phi) is 4.44. The zero-order valence-electron chi connectivity index (χ0n) is 8.88. The van der Waals surface area contributed by atoms with Crippen LogP contribution in [0.5, 0.6) is 11.5 Å². The van der Waals surface area contributed by atoms with E-state index in [1.165, 1.54) is 12.1 Å². The number of aromatic hydroxyl groups is 2. The van der Waals surface area contributed by atoms with Gasteiger partial charge in [-0.15, -0.1) is 0 Å². The molecule has 0 spiro atoms. The van der Waals surface area contributed by atoms with E-state index in [-0.39, 0.29) is 28.9 Å². The van der Waals surface area contributed by atoms with Gasteiger partial charge in [0.05, 0.1) is 4.47 Å². The van der Waals surface area contributed by atoms with Crippen LogP contribution in [0.2, 0.25) is 0 Å². The smallest absolute Gasteiger partial charge is 0.471 e. The largest absolute Gasteiger partial charge is 0.504 e. The third-order valence-electron chi connectivity index (χ3n) is 2.06. The van der Waals surface area contributed by atoms with Gasteiger partial charge < -0.3 is 15.5 Å². The lowest BCUT2D eigenvalue weighted by molar-refractivity contribution is -0.173. The molecule has 0 saturated heterocycles. The predicted octanol–water partition coefficient (Wildman–Crippen LogP) is 2.08. The molecule has 1 aromatic rings. The average Bonchev–Trinajstić information content (AvgIpc) is 2.24. The normalized spacial score (nSPS) is 11.3. The number of carbonyl (C=O) groups excluding carboxylic acids is 1. The number of alkyl halides is 3. The number of hydrogen-bond acceptors (Lipinski definition) is 3. The van der Waals surface area contributed by atoms with Crippen molar-refractivity contribution >= 4 is 21.8 Å². The molecule has 0 aromatic heterocycles. The van der Waals surface area contributed by atoms with Crippen molar-refractivity contribution in [2.75, 3.05) is 6.54 Å². The van der Waals surface area contributed by atoms with Crippen LogP contribution in [0.1, 0.15) is 5.56 Å². The number of rotatable bonds is 3. The number of phenolic OH excluding ortho intramolecular Hbond substituents is 2. The Hall–Kier alpha value is -1.44. The van der Waals surface area contributed by atoms with Crippen LogP contribution in [0, 0.1) is 0 Å². The second kappa shape index (κ2) is 5.47. The fraction of sp³-hybridized carbons (Fsp3) is 0.300. The van der Waals surface area contributed by atoms with E-state index in [4.69, 9.17) is 0 Å². The maximum atomic E-state index is 11.9. The van der Waals surface area contributed by atoms with Crippen LogP contribution in [0.25, 0.3) is 0 Å². The van der Waals surface area contributed by atoms with Crippen LogP contribution in [-0.2, 0) is 11.2 Å². The molecule has 18 heavy (non-hydrogen) atoms. The summed E-state index contributed by atoms with van der Waals surface area (Å²) in [6.45, 7) is -0.227. The van der Waals surface area contributed by atoms with Crippen molar-refractivity contribution in [2.45, 2.75) is 12.6 Å².